The van der Waals surface area contributed by atoms with Gasteiger partial charge in [0, 0.05) is 6.82 Å². The lowest BCUT2D eigenvalue weighted by Crippen LogP contribution is -2.56. The van der Waals surface area contributed by atoms with Crippen molar-refractivity contribution in [2.45, 2.75) is 13.6 Å². The van der Waals surface area contributed by atoms with Crippen molar-refractivity contribution in [2.24, 2.45) is 0 Å². The molecule has 0 unspecified atom stereocenters. The summed E-state index contributed by atoms with van der Waals surface area (Å²) in [5, 5.41) is 0. The van der Waals surface area contributed by atoms with Crippen LogP contribution in [0.1, 0.15) is 0 Å². The van der Waals surface area contributed by atoms with E-state index < -0.39 is 0 Å². The summed E-state index contributed by atoms with van der Waals surface area (Å²) < 4.78 is 6.97. The van der Waals surface area contributed by atoms with E-state index in [1.807, 2.05) is 0 Å². The average Bonchev–Trinajstić information content (AvgIpc) is 1.97. The summed E-state index contributed by atoms with van der Waals surface area (Å²) in [6, 6.07) is 0. The van der Waals surface area contributed by atoms with E-state index in [9.17, 15) is 0 Å². The molecule has 1 rings (SSSR count). The zero-order chi connectivity index (χ0) is 8.59. The van der Waals surface area contributed by atoms with Gasteiger partial charge in [0.15, 0.2) is 0 Å². The van der Waals surface area contributed by atoms with Crippen LogP contribution in [0.25, 0.3) is 0 Å². The second kappa shape index (κ2) is 3.26. The lowest BCUT2D eigenvalue weighted by Gasteiger charge is -2.29. The third kappa shape index (κ3) is 1.66. The van der Waals surface area contributed by atoms with Crippen LogP contribution in [0.5, 0.6) is 0 Å². The first-order chi connectivity index (χ1) is 5.04. The summed E-state index contributed by atoms with van der Waals surface area (Å²) in [5.74, 6) is 0. The highest BCUT2D eigenvalue weighted by atomic mass is 31.1. The van der Waals surface area contributed by atoms with E-state index in [1.54, 1.807) is 0 Å². The van der Waals surface area contributed by atoms with Gasteiger partial charge in [0.2, 0.25) is 0 Å². The van der Waals surface area contributed by atoms with Crippen LogP contribution in [-0.4, -0.2) is 48.7 Å². The molecule has 1 heterocycles. The number of nitrogens with zero attached hydrogens (tertiary/aromatic N) is 3. The molecule has 0 bridgehead atoms. The number of hydrogen-bond acceptors (Lipinski definition) is 2. The third-order valence-corrected chi connectivity index (χ3v) is 3.78. The Morgan fingerprint density at radius 2 is 1.82 bits per heavy atom. The molecule has 0 aromatic rings. The molecule has 0 aromatic carbocycles. The van der Waals surface area contributed by atoms with Gasteiger partial charge in [-0.1, -0.05) is 6.82 Å². The van der Waals surface area contributed by atoms with Crippen LogP contribution in [0.3, 0.4) is 0 Å². The maximum Gasteiger partial charge on any atom is 0.566 e. The Bertz CT molecular complexity index is 187. The van der Waals surface area contributed by atoms with Gasteiger partial charge in [-0.15, -0.1) is 0 Å². The van der Waals surface area contributed by atoms with E-state index in [0.717, 1.165) is 0 Å². The molecule has 6 heteroatoms. The summed E-state index contributed by atoms with van der Waals surface area (Å²) in [4.78, 5) is 0. The largest absolute Gasteiger partial charge is 0.566 e. The summed E-state index contributed by atoms with van der Waals surface area (Å²) in [5.41, 5.74) is 0. The van der Waals surface area contributed by atoms with E-state index in [0.29, 0.717) is 14.0 Å². The standard InChI is InChI=1S/C5H15B2N3P/c1-6-8(3)7(2)10(5)11-9(6)4/h1-5H3/q+1. The predicted octanol–water partition coefficient (Wildman–Crippen LogP) is 0.787. The summed E-state index contributed by atoms with van der Waals surface area (Å²) in [6.45, 7) is 5.55. The van der Waals surface area contributed by atoms with Gasteiger partial charge in [-0.3, -0.25) is 4.24 Å². The molecule has 3 nitrogen and oxygen atoms in total. The molecule has 0 amide bonds. The van der Waals surface area contributed by atoms with Gasteiger partial charge in [0.05, 0.1) is 0 Å². The molecular formula is C5H15B2N3P+. The van der Waals surface area contributed by atoms with Crippen molar-refractivity contribution in [3.63, 3.8) is 0 Å². The SMILES string of the molecule is CB1N(C)P=[N+](C)B(C)N1C. The molecule has 0 spiro atoms. The summed E-state index contributed by atoms with van der Waals surface area (Å²) in [7, 11) is 7.76. The molecule has 11 heavy (non-hydrogen) atoms. The minimum Gasteiger partial charge on any atom is -0.306 e. The van der Waals surface area contributed by atoms with Gasteiger partial charge in [-0.2, -0.15) is 0 Å². The van der Waals surface area contributed by atoms with Crippen molar-refractivity contribution >= 4 is 22.5 Å². The van der Waals surface area contributed by atoms with Crippen LogP contribution in [0.4, 0.5) is 0 Å². The normalized spacial score (nSPS) is 23.9. The van der Waals surface area contributed by atoms with Crippen molar-refractivity contribution in [2.75, 3.05) is 21.1 Å². The van der Waals surface area contributed by atoms with E-state index >= 15 is 0 Å². The molecule has 1 aliphatic rings. The Morgan fingerprint density at radius 1 is 1.27 bits per heavy atom. The van der Waals surface area contributed by atoms with Crippen molar-refractivity contribution in [1.29, 1.82) is 0 Å². The molecule has 0 aliphatic carbocycles. The molecule has 0 saturated carbocycles. The molecular weight excluding hydrogens is 155 g/mol. The van der Waals surface area contributed by atoms with Gasteiger partial charge in [0.1, 0.15) is 7.05 Å². The topological polar surface area (TPSA) is 9.49 Å². The first-order valence-corrected chi connectivity index (χ1v) is 4.73. The van der Waals surface area contributed by atoms with E-state index in [4.69, 9.17) is 0 Å². The molecule has 60 valence electrons. The van der Waals surface area contributed by atoms with E-state index in [1.165, 1.54) is 8.52 Å². The average molecular weight is 170 g/mol. The highest BCUT2D eigenvalue weighted by molar-refractivity contribution is 7.25. The maximum atomic E-state index is 2.36. The van der Waals surface area contributed by atoms with Gasteiger partial charge in [0.25, 0.3) is 8.52 Å². The van der Waals surface area contributed by atoms with Gasteiger partial charge in [-0.05, 0) is 14.1 Å². The first kappa shape index (κ1) is 9.24. The monoisotopic (exact) mass is 170 g/mol. The van der Waals surface area contributed by atoms with E-state index in [2.05, 4.69) is 48.3 Å². The zero-order valence-corrected chi connectivity index (χ0v) is 8.84. The highest BCUT2D eigenvalue weighted by Crippen LogP contribution is 2.17. The molecule has 1 aliphatic heterocycles. The highest BCUT2D eigenvalue weighted by Gasteiger charge is 2.40. The second-order valence-electron chi connectivity index (χ2n) is 3.17. The van der Waals surface area contributed by atoms with Gasteiger partial charge >= 0.3 is 14.0 Å². The molecule has 0 N–H and O–H groups in total. The lowest BCUT2D eigenvalue weighted by molar-refractivity contribution is -0.335. The van der Waals surface area contributed by atoms with Crippen LogP contribution in [0, 0.1) is 0 Å². The maximum absolute atomic E-state index is 2.36. The van der Waals surface area contributed by atoms with Crippen molar-refractivity contribution in [3.8, 4) is 0 Å². The lowest BCUT2D eigenvalue weighted by atomic mass is 9.63. The summed E-state index contributed by atoms with van der Waals surface area (Å²) >= 11 is 0. The van der Waals surface area contributed by atoms with E-state index in [-0.39, 0.29) is 0 Å². The van der Waals surface area contributed by atoms with Crippen molar-refractivity contribution in [1.82, 2.24) is 9.30 Å². The Balaban J connectivity index is 2.83. The Hall–Kier alpha value is 0.150. The number of hydrogen-bond donors (Lipinski definition) is 0. The zero-order valence-electron chi connectivity index (χ0n) is 7.94. The van der Waals surface area contributed by atoms with Crippen LogP contribution in [0.15, 0.2) is 0 Å². The number of rotatable bonds is 0. The van der Waals surface area contributed by atoms with Crippen LogP contribution in [-0.2, 0) is 0 Å². The quantitative estimate of drug-likeness (QED) is 0.392. The van der Waals surface area contributed by atoms with Crippen molar-refractivity contribution in [3.05, 3.63) is 0 Å². The van der Waals surface area contributed by atoms with Crippen LogP contribution < -0.4 is 0 Å². The fourth-order valence-corrected chi connectivity index (χ4v) is 2.28. The smallest absolute Gasteiger partial charge is 0.306 e. The molecule has 0 fully saturated rings. The Morgan fingerprint density at radius 3 is 2.36 bits per heavy atom. The van der Waals surface area contributed by atoms with Gasteiger partial charge in [-0.25, -0.2) is 4.58 Å². The molecule has 0 atom stereocenters. The molecule has 0 radical (unpaired) electrons. The minimum absolute atomic E-state index is 0.544. The Kier molecular flexibility index (Phi) is 2.74. The third-order valence-electron chi connectivity index (χ3n) is 2.54. The second-order valence-corrected chi connectivity index (χ2v) is 4.61. The summed E-state index contributed by atoms with van der Waals surface area (Å²) in [6.07, 6.45) is 0. The Labute approximate surface area is 71.5 Å². The predicted molar refractivity (Wildman–Crippen MR) is 51.9 cm³/mol. The van der Waals surface area contributed by atoms with Gasteiger partial charge < -0.3 is 4.72 Å². The molecule has 0 aromatic heterocycles. The van der Waals surface area contributed by atoms with Crippen LogP contribution >= 0.6 is 8.52 Å². The molecule has 0 saturated heterocycles. The van der Waals surface area contributed by atoms with Crippen molar-refractivity contribution < 1.29 is 4.24 Å². The first-order valence-electron chi connectivity index (χ1n) is 3.93. The fraction of sp³-hybridized carbons (Fsp3) is 1.00. The van der Waals surface area contributed by atoms with Crippen LogP contribution in [0.2, 0.25) is 13.6 Å². The minimum atomic E-state index is 0.544. The fourth-order valence-electron chi connectivity index (χ4n) is 1.21.